The van der Waals surface area contributed by atoms with Crippen LogP contribution in [0.15, 0.2) is 16.6 Å². The molecule has 0 fully saturated rings. The number of aliphatic hydroxyl groups excluding tert-OH is 1. The van der Waals surface area contributed by atoms with Gasteiger partial charge in [0, 0.05) is 29.3 Å². The molecule has 0 spiro atoms. The van der Waals surface area contributed by atoms with Gasteiger partial charge in [-0.1, -0.05) is 6.92 Å². The molecular weight excluding hydrogens is 322 g/mol. The molecule has 0 radical (unpaired) electrons. The van der Waals surface area contributed by atoms with Crippen LogP contribution in [0.1, 0.15) is 24.9 Å². The van der Waals surface area contributed by atoms with Gasteiger partial charge in [0.25, 0.3) is 0 Å². The lowest BCUT2D eigenvalue weighted by atomic mass is 10.1. The molecule has 1 aromatic carbocycles. The van der Waals surface area contributed by atoms with Gasteiger partial charge in [-0.05, 0) is 41.0 Å². The first-order chi connectivity index (χ1) is 9.58. The number of amides is 1. The predicted molar refractivity (Wildman–Crippen MR) is 84.2 cm³/mol. The van der Waals surface area contributed by atoms with Crippen LogP contribution in [-0.2, 0) is 4.79 Å². The van der Waals surface area contributed by atoms with Gasteiger partial charge < -0.3 is 20.6 Å². The summed E-state index contributed by atoms with van der Waals surface area (Å²) in [5.41, 5.74) is 2.76. The van der Waals surface area contributed by atoms with Gasteiger partial charge in [-0.2, -0.15) is 0 Å². The van der Waals surface area contributed by atoms with E-state index in [1.807, 2.05) is 24.1 Å². The van der Waals surface area contributed by atoms with Gasteiger partial charge in [0.2, 0.25) is 5.91 Å². The van der Waals surface area contributed by atoms with Crippen LogP contribution in [0, 0.1) is 0 Å². The molecule has 1 aliphatic heterocycles. The number of anilines is 2. The maximum absolute atomic E-state index is 12.0. The van der Waals surface area contributed by atoms with Crippen molar-refractivity contribution in [3.8, 4) is 0 Å². The van der Waals surface area contributed by atoms with Crippen molar-refractivity contribution in [3.63, 3.8) is 0 Å². The Morgan fingerprint density at radius 2 is 2.25 bits per heavy atom. The van der Waals surface area contributed by atoms with E-state index in [4.69, 9.17) is 5.11 Å². The second kappa shape index (κ2) is 6.56. The third kappa shape index (κ3) is 2.97. The van der Waals surface area contributed by atoms with Crippen molar-refractivity contribution in [2.45, 2.75) is 19.4 Å². The highest BCUT2D eigenvalue weighted by atomic mass is 79.9. The minimum Gasteiger partial charge on any atom is -0.395 e. The normalized spacial score (nSPS) is 17.0. The molecule has 1 unspecified atom stereocenters. The minimum absolute atomic E-state index is 0.0117. The summed E-state index contributed by atoms with van der Waals surface area (Å²) < 4.78 is 0.923. The molecular formula is C14H20BrN3O2. The molecule has 2 rings (SSSR count). The van der Waals surface area contributed by atoms with Crippen LogP contribution in [0.2, 0.25) is 0 Å². The van der Waals surface area contributed by atoms with Crippen molar-refractivity contribution in [1.29, 1.82) is 0 Å². The van der Waals surface area contributed by atoms with Crippen LogP contribution < -0.4 is 15.5 Å². The average molecular weight is 342 g/mol. The number of halogens is 1. The van der Waals surface area contributed by atoms with Crippen molar-refractivity contribution in [1.82, 2.24) is 5.32 Å². The summed E-state index contributed by atoms with van der Waals surface area (Å²) in [6, 6.07) is 3.64. The first-order valence-corrected chi connectivity index (χ1v) is 7.57. The fourth-order valence-electron chi connectivity index (χ4n) is 2.32. The molecule has 6 heteroatoms. The average Bonchev–Trinajstić information content (AvgIpc) is 2.71. The Balaban J connectivity index is 2.30. The molecule has 3 N–H and O–H groups in total. The molecule has 0 saturated carbocycles. The Morgan fingerprint density at radius 1 is 1.50 bits per heavy atom. The number of likely N-dealkylation sites (N-methyl/N-ethyl adjacent to an activating group) is 1. The number of hydrogen-bond acceptors (Lipinski definition) is 4. The zero-order valence-corrected chi connectivity index (χ0v) is 13.3. The molecule has 0 aliphatic carbocycles. The standard InChI is InChI=1S/C14H20BrN3O2/c1-3-4-16-13-9-7-10(15)12(18(2)5-6-19)8-11(9)17-14(13)20/h7-8,13,16,19H,3-6H2,1-2H3,(H,17,20). The summed E-state index contributed by atoms with van der Waals surface area (Å²) in [6.45, 7) is 3.51. The van der Waals surface area contributed by atoms with Crippen LogP contribution in [0.5, 0.6) is 0 Å². The summed E-state index contributed by atoms with van der Waals surface area (Å²) in [5.74, 6) is -0.0117. The monoisotopic (exact) mass is 341 g/mol. The lowest BCUT2D eigenvalue weighted by molar-refractivity contribution is -0.117. The summed E-state index contributed by atoms with van der Waals surface area (Å²) in [6.07, 6.45) is 0.984. The van der Waals surface area contributed by atoms with Crippen molar-refractivity contribution in [2.24, 2.45) is 0 Å². The molecule has 1 amide bonds. The highest BCUT2D eigenvalue weighted by molar-refractivity contribution is 9.10. The molecule has 1 atom stereocenters. The maximum atomic E-state index is 12.0. The molecule has 1 aliphatic rings. The molecule has 1 heterocycles. The first kappa shape index (κ1) is 15.3. The molecule has 0 saturated heterocycles. The Hall–Kier alpha value is -1.11. The number of carbonyl (C=O) groups is 1. The number of hydrogen-bond donors (Lipinski definition) is 3. The zero-order valence-electron chi connectivity index (χ0n) is 11.7. The number of rotatable bonds is 6. The van der Waals surface area contributed by atoms with Gasteiger partial charge >= 0.3 is 0 Å². The third-order valence-corrected chi connectivity index (χ3v) is 4.03. The van der Waals surface area contributed by atoms with Gasteiger partial charge in [0.05, 0.1) is 12.3 Å². The number of nitrogens with zero attached hydrogens (tertiary/aromatic N) is 1. The number of carbonyl (C=O) groups excluding carboxylic acids is 1. The van der Waals surface area contributed by atoms with E-state index in [9.17, 15) is 4.79 Å². The zero-order chi connectivity index (χ0) is 14.7. The van der Waals surface area contributed by atoms with Gasteiger partial charge in [0.15, 0.2) is 0 Å². The summed E-state index contributed by atoms with van der Waals surface area (Å²) in [4.78, 5) is 14.0. The Morgan fingerprint density at radius 3 is 2.90 bits per heavy atom. The molecule has 110 valence electrons. The summed E-state index contributed by atoms with van der Waals surface area (Å²) >= 11 is 3.55. The molecule has 0 aromatic heterocycles. The van der Waals surface area contributed by atoms with Gasteiger partial charge in [-0.25, -0.2) is 0 Å². The van der Waals surface area contributed by atoms with E-state index in [1.165, 1.54) is 0 Å². The van der Waals surface area contributed by atoms with E-state index in [1.54, 1.807) is 0 Å². The van der Waals surface area contributed by atoms with Crippen molar-refractivity contribution >= 4 is 33.2 Å². The van der Waals surface area contributed by atoms with Gasteiger partial charge in [-0.3, -0.25) is 4.79 Å². The van der Waals surface area contributed by atoms with Crippen LogP contribution in [-0.4, -0.2) is 37.8 Å². The Kier molecular flexibility index (Phi) is 5.01. The van der Waals surface area contributed by atoms with Crippen LogP contribution in [0.25, 0.3) is 0 Å². The third-order valence-electron chi connectivity index (χ3n) is 3.40. The van der Waals surface area contributed by atoms with E-state index in [2.05, 4.69) is 33.5 Å². The Labute approximate surface area is 127 Å². The second-order valence-corrected chi connectivity index (χ2v) is 5.77. The quantitative estimate of drug-likeness (QED) is 0.739. The predicted octanol–water partition coefficient (Wildman–Crippen LogP) is 1.87. The number of fused-ring (bicyclic) bond motifs is 1. The van der Waals surface area contributed by atoms with Gasteiger partial charge in [0.1, 0.15) is 6.04 Å². The molecule has 5 nitrogen and oxygen atoms in total. The summed E-state index contributed by atoms with van der Waals surface area (Å²) in [5, 5.41) is 15.2. The molecule has 0 bridgehead atoms. The van der Waals surface area contributed by atoms with Crippen LogP contribution >= 0.6 is 15.9 Å². The second-order valence-electron chi connectivity index (χ2n) is 4.91. The SMILES string of the molecule is CCCNC1C(=O)Nc2cc(N(C)CCO)c(Br)cc21. The van der Waals surface area contributed by atoms with E-state index < -0.39 is 0 Å². The number of nitrogens with one attached hydrogen (secondary N) is 2. The highest BCUT2D eigenvalue weighted by Gasteiger charge is 2.31. The van der Waals surface area contributed by atoms with Crippen molar-refractivity contribution < 1.29 is 9.90 Å². The molecule has 20 heavy (non-hydrogen) atoms. The lowest BCUT2D eigenvalue weighted by Gasteiger charge is -2.21. The van der Waals surface area contributed by atoms with E-state index in [-0.39, 0.29) is 18.6 Å². The smallest absolute Gasteiger partial charge is 0.246 e. The highest BCUT2D eigenvalue weighted by Crippen LogP contribution is 2.38. The fourth-order valence-corrected chi connectivity index (χ4v) is 2.99. The largest absolute Gasteiger partial charge is 0.395 e. The topological polar surface area (TPSA) is 64.6 Å². The van der Waals surface area contributed by atoms with E-state index in [0.717, 1.165) is 34.4 Å². The van der Waals surface area contributed by atoms with E-state index in [0.29, 0.717) is 6.54 Å². The number of benzene rings is 1. The van der Waals surface area contributed by atoms with Crippen molar-refractivity contribution in [3.05, 3.63) is 22.2 Å². The number of aliphatic hydroxyl groups is 1. The Bertz CT molecular complexity index is 507. The van der Waals surface area contributed by atoms with Crippen molar-refractivity contribution in [2.75, 3.05) is 37.0 Å². The minimum atomic E-state index is -0.279. The lowest BCUT2D eigenvalue weighted by Crippen LogP contribution is -2.28. The summed E-state index contributed by atoms with van der Waals surface area (Å²) in [7, 11) is 1.91. The van der Waals surface area contributed by atoms with Gasteiger partial charge in [-0.15, -0.1) is 0 Å². The van der Waals surface area contributed by atoms with Crippen LogP contribution in [0.3, 0.4) is 0 Å². The fraction of sp³-hybridized carbons (Fsp3) is 0.500. The molecule has 1 aromatic rings. The van der Waals surface area contributed by atoms with E-state index >= 15 is 0 Å². The first-order valence-electron chi connectivity index (χ1n) is 6.78. The van der Waals surface area contributed by atoms with Crippen LogP contribution in [0.4, 0.5) is 11.4 Å². The maximum Gasteiger partial charge on any atom is 0.246 e.